The molecule has 0 aromatic heterocycles. The second-order valence-electron chi connectivity index (χ2n) is 2.66. The fourth-order valence-electron chi connectivity index (χ4n) is 1.30. The molecule has 0 aliphatic heterocycles. The van der Waals surface area contributed by atoms with E-state index in [9.17, 15) is 0 Å². The summed E-state index contributed by atoms with van der Waals surface area (Å²) in [6.45, 7) is 0. The van der Waals surface area contributed by atoms with Gasteiger partial charge >= 0.3 is 0 Å². The monoisotopic (exact) mass is 148 g/mol. The van der Waals surface area contributed by atoms with Crippen molar-refractivity contribution in [2.24, 2.45) is 5.73 Å². The minimum Gasteiger partial charge on any atom is -0.326 e. The van der Waals surface area contributed by atoms with E-state index in [1.54, 1.807) is 0 Å². The number of rotatable bonds is 1. The topological polar surface area (TPSA) is 38.0 Å². The zero-order chi connectivity index (χ0) is 6.69. The number of hydrogen-bond acceptors (Lipinski definition) is 2. The summed E-state index contributed by atoms with van der Waals surface area (Å²) >= 11 is 5.45. The lowest BCUT2D eigenvalue weighted by Crippen LogP contribution is -2.43. The Labute approximate surface area is 60.9 Å². The average Bonchev–Trinajstić information content (AvgIpc) is 1.89. The van der Waals surface area contributed by atoms with Crippen molar-refractivity contribution in [3.63, 3.8) is 0 Å². The summed E-state index contributed by atoms with van der Waals surface area (Å²) < 4.78 is 0. The normalized spacial score (nSPS) is 36.7. The molecule has 9 heavy (non-hydrogen) atoms. The molecule has 0 heterocycles. The molecule has 1 aliphatic carbocycles. The Morgan fingerprint density at radius 2 is 2.00 bits per heavy atom. The molecule has 0 spiro atoms. The lowest BCUT2D eigenvalue weighted by molar-refractivity contribution is 0.366. The maximum Gasteiger partial charge on any atom is 0.0372 e. The van der Waals surface area contributed by atoms with Gasteiger partial charge in [0, 0.05) is 12.1 Å². The molecule has 3 heteroatoms. The first-order valence-electron chi connectivity index (χ1n) is 3.46. The van der Waals surface area contributed by atoms with E-state index in [1.165, 1.54) is 12.8 Å². The zero-order valence-corrected chi connectivity index (χ0v) is 6.19. The molecule has 0 aromatic rings. The molecule has 3 N–H and O–H groups in total. The summed E-state index contributed by atoms with van der Waals surface area (Å²) in [6, 6.07) is 0.622. The maximum atomic E-state index is 5.74. The van der Waals surface area contributed by atoms with E-state index in [0.29, 0.717) is 6.04 Å². The SMILES string of the molecule is N[C@@H]1CCCC[C@H]1NCl. The van der Waals surface area contributed by atoms with Crippen LogP contribution in [-0.4, -0.2) is 12.1 Å². The average molecular weight is 149 g/mol. The van der Waals surface area contributed by atoms with Gasteiger partial charge in [-0.15, -0.1) is 0 Å². The van der Waals surface area contributed by atoms with Crippen LogP contribution in [0.2, 0.25) is 0 Å². The van der Waals surface area contributed by atoms with Crippen LogP contribution in [0.5, 0.6) is 0 Å². The van der Waals surface area contributed by atoms with E-state index in [1.807, 2.05) is 0 Å². The zero-order valence-electron chi connectivity index (χ0n) is 5.44. The van der Waals surface area contributed by atoms with Crippen LogP contribution in [0.3, 0.4) is 0 Å². The highest BCUT2D eigenvalue weighted by atomic mass is 35.5. The summed E-state index contributed by atoms with van der Waals surface area (Å²) in [4.78, 5) is 2.70. The van der Waals surface area contributed by atoms with Crippen LogP contribution in [0.4, 0.5) is 0 Å². The van der Waals surface area contributed by atoms with Crippen molar-refractivity contribution in [1.82, 2.24) is 4.84 Å². The van der Waals surface area contributed by atoms with E-state index in [-0.39, 0.29) is 6.04 Å². The molecule has 0 unspecified atom stereocenters. The standard InChI is InChI=1S/C6H13ClN2/c7-9-6-4-2-1-3-5(6)8/h5-6,9H,1-4,8H2/t5-,6-/m1/s1. The molecule has 1 aliphatic rings. The van der Waals surface area contributed by atoms with Crippen molar-refractivity contribution in [2.75, 3.05) is 0 Å². The van der Waals surface area contributed by atoms with Crippen LogP contribution < -0.4 is 10.6 Å². The summed E-state index contributed by atoms with van der Waals surface area (Å²) in [5.41, 5.74) is 5.74. The van der Waals surface area contributed by atoms with Gasteiger partial charge in [-0.1, -0.05) is 12.8 Å². The summed E-state index contributed by atoms with van der Waals surface area (Å²) in [5, 5.41) is 0. The number of halogens is 1. The highest BCUT2D eigenvalue weighted by Crippen LogP contribution is 2.16. The predicted molar refractivity (Wildman–Crippen MR) is 39.2 cm³/mol. The second-order valence-corrected chi connectivity index (χ2v) is 2.88. The Kier molecular flexibility index (Phi) is 2.76. The molecule has 2 nitrogen and oxygen atoms in total. The molecule has 0 bridgehead atoms. The van der Waals surface area contributed by atoms with E-state index in [0.717, 1.165) is 12.8 Å². The fraction of sp³-hybridized carbons (Fsp3) is 1.00. The highest BCUT2D eigenvalue weighted by Gasteiger charge is 2.19. The van der Waals surface area contributed by atoms with Gasteiger partial charge < -0.3 is 5.73 Å². The molecule has 1 fully saturated rings. The first-order chi connectivity index (χ1) is 4.34. The molecular weight excluding hydrogens is 136 g/mol. The van der Waals surface area contributed by atoms with Crippen LogP contribution >= 0.6 is 11.8 Å². The Morgan fingerprint density at radius 3 is 2.44 bits per heavy atom. The van der Waals surface area contributed by atoms with Crippen LogP contribution in [0.1, 0.15) is 25.7 Å². The summed E-state index contributed by atoms with van der Waals surface area (Å²) in [5.74, 6) is 0. The third-order valence-electron chi connectivity index (χ3n) is 1.96. The third-order valence-corrected chi connectivity index (χ3v) is 2.24. The Hall–Kier alpha value is 0.210. The minimum atomic E-state index is 0.274. The molecule has 0 amide bonds. The molecule has 0 saturated heterocycles. The number of nitrogens with one attached hydrogen (secondary N) is 1. The minimum absolute atomic E-state index is 0.274. The van der Waals surface area contributed by atoms with Gasteiger partial charge in [-0.2, -0.15) is 0 Å². The number of nitrogens with two attached hydrogens (primary N) is 1. The molecule has 1 saturated carbocycles. The van der Waals surface area contributed by atoms with E-state index in [2.05, 4.69) is 4.84 Å². The van der Waals surface area contributed by atoms with Gasteiger partial charge in [-0.05, 0) is 24.6 Å². The van der Waals surface area contributed by atoms with Crippen LogP contribution in [0.15, 0.2) is 0 Å². The Morgan fingerprint density at radius 1 is 1.33 bits per heavy atom. The predicted octanol–water partition coefficient (Wildman–Crippen LogP) is 1.000. The maximum absolute atomic E-state index is 5.74. The summed E-state index contributed by atoms with van der Waals surface area (Å²) in [6.07, 6.45) is 4.77. The fourth-order valence-corrected chi connectivity index (χ4v) is 1.57. The Balaban J connectivity index is 2.30. The van der Waals surface area contributed by atoms with Gasteiger partial charge in [-0.3, -0.25) is 0 Å². The van der Waals surface area contributed by atoms with Crippen LogP contribution in [-0.2, 0) is 0 Å². The van der Waals surface area contributed by atoms with Crippen molar-refractivity contribution < 1.29 is 0 Å². The van der Waals surface area contributed by atoms with Gasteiger partial charge in [0.05, 0.1) is 0 Å². The lowest BCUT2D eigenvalue weighted by Gasteiger charge is -2.26. The largest absolute Gasteiger partial charge is 0.326 e. The van der Waals surface area contributed by atoms with E-state index < -0.39 is 0 Å². The van der Waals surface area contributed by atoms with E-state index >= 15 is 0 Å². The van der Waals surface area contributed by atoms with Crippen LogP contribution in [0.25, 0.3) is 0 Å². The second kappa shape index (κ2) is 3.40. The van der Waals surface area contributed by atoms with Gasteiger partial charge in [0.1, 0.15) is 0 Å². The Bertz CT molecular complexity index is 87.1. The lowest BCUT2D eigenvalue weighted by atomic mass is 9.92. The molecular formula is C6H13ClN2. The molecule has 0 aromatic carbocycles. The van der Waals surface area contributed by atoms with Crippen molar-refractivity contribution >= 4 is 11.8 Å². The van der Waals surface area contributed by atoms with Crippen molar-refractivity contribution in [3.8, 4) is 0 Å². The first kappa shape index (κ1) is 7.32. The first-order valence-corrected chi connectivity index (χ1v) is 3.84. The highest BCUT2D eigenvalue weighted by molar-refractivity contribution is 6.13. The third kappa shape index (κ3) is 1.81. The molecule has 0 radical (unpaired) electrons. The van der Waals surface area contributed by atoms with Gasteiger partial charge in [0.2, 0.25) is 0 Å². The quantitative estimate of drug-likeness (QED) is 0.545. The molecule has 54 valence electrons. The van der Waals surface area contributed by atoms with Crippen molar-refractivity contribution in [3.05, 3.63) is 0 Å². The van der Waals surface area contributed by atoms with Gasteiger partial charge in [0.15, 0.2) is 0 Å². The molecule has 1 rings (SSSR count). The smallest absolute Gasteiger partial charge is 0.0372 e. The molecule has 2 atom stereocenters. The van der Waals surface area contributed by atoms with Crippen molar-refractivity contribution in [2.45, 2.75) is 37.8 Å². The van der Waals surface area contributed by atoms with E-state index in [4.69, 9.17) is 17.5 Å². The summed E-state index contributed by atoms with van der Waals surface area (Å²) in [7, 11) is 0. The van der Waals surface area contributed by atoms with Crippen molar-refractivity contribution in [1.29, 1.82) is 0 Å². The van der Waals surface area contributed by atoms with Crippen LogP contribution in [0, 0.1) is 0 Å². The van der Waals surface area contributed by atoms with Gasteiger partial charge in [-0.25, -0.2) is 4.84 Å². The van der Waals surface area contributed by atoms with Gasteiger partial charge in [0.25, 0.3) is 0 Å². The number of hydrogen-bond donors (Lipinski definition) is 2.